The van der Waals surface area contributed by atoms with E-state index in [0.717, 1.165) is 50.2 Å². The van der Waals surface area contributed by atoms with Crippen LogP contribution in [-0.4, -0.2) is 31.1 Å². The predicted molar refractivity (Wildman–Crippen MR) is 109 cm³/mol. The van der Waals surface area contributed by atoms with Crippen LogP contribution in [0.4, 0.5) is 5.69 Å². The number of hydrogen-bond acceptors (Lipinski definition) is 3. The minimum absolute atomic E-state index is 0. The third-order valence-electron chi connectivity index (χ3n) is 5.30. The summed E-state index contributed by atoms with van der Waals surface area (Å²) in [4.78, 5) is 14.7. The normalized spacial score (nSPS) is 21.4. The van der Waals surface area contributed by atoms with Gasteiger partial charge in [0.1, 0.15) is 0 Å². The van der Waals surface area contributed by atoms with Crippen LogP contribution in [0.1, 0.15) is 37.7 Å². The van der Waals surface area contributed by atoms with Crippen LogP contribution in [0, 0.1) is 12.8 Å². The SMILES string of the molecule is Cc1ccc(Cl)cc1N1CCC(CNC(=O)C2(N)CCCC2)C1.Cl.Cl. The van der Waals surface area contributed by atoms with E-state index >= 15 is 0 Å². The van der Waals surface area contributed by atoms with Gasteiger partial charge in [0.2, 0.25) is 5.91 Å². The summed E-state index contributed by atoms with van der Waals surface area (Å²) in [6, 6.07) is 6.02. The minimum atomic E-state index is -0.623. The van der Waals surface area contributed by atoms with Crippen molar-refractivity contribution >= 4 is 48.0 Å². The molecule has 25 heavy (non-hydrogen) atoms. The van der Waals surface area contributed by atoms with Gasteiger partial charge in [-0.05, 0) is 49.8 Å². The van der Waals surface area contributed by atoms with Crippen LogP contribution in [-0.2, 0) is 4.79 Å². The van der Waals surface area contributed by atoms with E-state index in [1.807, 2.05) is 12.1 Å². The van der Waals surface area contributed by atoms with Crippen LogP contribution in [0.25, 0.3) is 0 Å². The lowest BCUT2D eigenvalue weighted by atomic mass is 9.97. The van der Waals surface area contributed by atoms with Crippen LogP contribution >= 0.6 is 36.4 Å². The molecule has 3 rings (SSSR count). The Balaban J connectivity index is 0.00000156. The number of amides is 1. The predicted octanol–water partition coefficient (Wildman–Crippen LogP) is 3.71. The Morgan fingerprint density at radius 1 is 1.36 bits per heavy atom. The molecule has 2 aliphatic rings. The standard InChI is InChI=1S/C18H26ClN3O.2ClH/c1-13-4-5-15(19)10-16(13)22-9-6-14(12-22)11-21-17(23)18(20)7-2-3-8-18;;/h4-5,10,14H,2-3,6-9,11-12,20H2,1H3,(H,21,23);2*1H. The number of carbonyl (C=O) groups excluding carboxylic acids is 1. The molecular formula is C18H28Cl3N3O. The number of hydrogen-bond donors (Lipinski definition) is 2. The maximum Gasteiger partial charge on any atom is 0.240 e. The summed E-state index contributed by atoms with van der Waals surface area (Å²) >= 11 is 6.12. The number of anilines is 1. The second-order valence-corrected chi connectivity index (χ2v) is 7.54. The molecule has 1 aromatic rings. The summed E-state index contributed by atoms with van der Waals surface area (Å²) in [5.74, 6) is 0.509. The van der Waals surface area contributed by atoms with E-state index in [-0.39, 0.29) is 30.7 Å². The van der Waals surface area contributed by atoms with Crippen molar-refractivity contribution in [2.24, 2.45) is 11.7 Å². The fraction of sp³-hybridized carbons (Fsp3) is 0.611. The molecule has 3 N–H and O–H groups in total. The molecule has 2 fully saturated rings. The largest absolute Gasteiger partial charge is 0.371 e. The Bertz CT molecular complexity index is 591. The first-order valence-electron chi connectivity index (χ1n) is 8.56. The Hall–Kier alpha value is -0.680. The number of aryl methyl sites for hydroxylation is 1. The molecule has 0 bridgehead atoms. The first-order chi connectivity index (χ1) is 11.0. The Labute approximate surface area is 167 Å². The van der Waals surface area contributed by atoms with Crippen LogP contribution in [0.5, 0.6) is 0 Å². The fourth-order valence-corrected chi connectivity index (χ4v) is 3.95. The third-order valence-corrected chi connectivity index (χ3v) is 5.53. The van der Waals surface area contributed by atoms with E-state index in [2.05, 4.69) is 23.2 Å². The highest BCUT2D eigenvalue weighted by Gasteiger charge is 2.37. The molecule has 1 saturated carbocycles. The Morgan fingerprint density at radius 3 is 2.72 bits per heavy atom. The fourth-order valence-electron chi connectivity index (χ4n) is 3.79. The zero-order valence-corrected chi connectivity index (χ0v) is 17.0. The van der Waals surface area contributed by atoms with Gasteiger partial charge < -0.3 is 16.0 Å². The summed E-state index contributed by atoms with van der Waals surface area (Å²) in [6.07, 6.45) is 4.85. The highest BCUT2D eigenvalue weighted by Crippen LogP contribution is 2.30. The molecule has 4 nitrogen and oxygen atoms in total. The number of benzene rings is 1. The van der Waals surface area contributed by atoms with Crippen LogP contribution in [0.3, 0.4) is 0 Å². The lowest BCUT2D eigenvalue weighted by Crippen LogP contribution is -2.52. The lowest BCUT2D eigenvalue weighted by molar-refractivity contribution is -0.126. The molecule has 1 aliphatic heterocycles. The molecule has 1 heterocycles. The summed E-state index contributed by atoms with van der Waals surface area (Å²) in [5, 5.41) is 3.86. The highest BCUT2D eigenvalue weighted by molar-refractivity contribution is 6.30. The molecule has 1 amide bonds. The van der Waals surface area contributed by atoms with E-state index in [1.54, 1.807) is 0 Å². The van der Waals surface area contributed by atoms with Crippen molar-refractivity contribution in [3.05, 3.63) is 28.8 Å². The van der Waals surface area contributed by atoms with E-state index in [1.165, 1.54) is 11.3 Å². The topological polar surface area (TPSA) is 58.4 Å². The van der Waals surface area contributed by atoms with Gasteiger partial charge in [-0.2, -0.15) is 0 Å². The summed E-state index contributed by atoms with van der Waals surface area (Å²) in [5.41, 5.74) is 8.03. The number of carbonyl (C=O) groups is 1. The van der Waals surface area contributed by atoms with E-state index in [0.29, 0.717) is 12.5 Å². The van der Waals surface area contributed by atoms with Gasteiger partial charge in [-0.15, -0.1) is 24.8 Å². The van der Waals surface area contributed by atoms with Gasteiger partial charge in [0.15, 0.2) is 0 Å². The molecule has 7 heteroatoms. The van der Waals surface area contributed by atoms with Crippen molar-refractivity contribution in [3.8, 4) is 0 Å². The van der Waals surface area contributed by atoms with Gasteiger partial charge in [-0.3, -0.25) is 4.79 Å². The zero-order chi connectivity index (χ0) is 16.4. The van der Waals surface area contributed by atoms with Crippen molar-refractivity contribution in [2.45, 2.75) is 44.6 Å². The molecule has 1 aromatic carbocycles. The summed E-state index contributed by atoms with van der Waals surface area (Å²) < 4.78 is 0. The number of rotatable bonds is 4. The second kappa shape index (κ2) is 9.31. The zero-order valence-electron chi connectivity index (χ0n) is 14.6. The van der Waals surface area contributed by atoms with Crippen molar-refractivity contribution in [2.75, 3.05) is 24.5 Å². The van der Waals surface area contributed by atoms with E-state index < -0.39 is 5.54 Å². The maximum absolute atomic E-state index is 12.3. The number of nitrogens with zero attached hydrogens (tertiary/aromatic N) is 1. The molecule has 0 spiro atoms. The third kappa shape index (κ3) is 5.16. The van der Waals surface area contributed by atoms with Crippen molar-refractivity contribution in [1.29, 1.82) is 0 Å². The van der Waals surface area contributed by atoms with Crippen molar-refractivity contribution < 1.29 is 4.79 Å². The minimum Gasteiger partial charge on any atom is -0.371 e. The van der Waals surface area contributed by atoms with E-state index in [9.17, 15) is 4.79 Å². The van der Waals surface area contributed by atoms with Crippen LogP contribution in [0.2, 0.25) is 5.02 Å². The number of nitrogens with one attached hydrogen (secondary N) is 1. The van der Waals surface area contributed by atoms with Gasteiger partial charge in [-0.1, -0.05) is 30.5 Å². The first-order valence-corrected chi connectivity index (χ1v) is 8.94. The molecule has 1 aliphatic carbocycles. The average molecular weight is 409 g/mol. The number of halogens is 3. The summed E-state index contributed by atoms with van der Waals surface area (Å²) in [6.45, 7) is 4.79. The smallest absolute Gasteiger partial charge is 0.240 e. The van der Waals surface area contributed by atoms with Gasteiger partial charge in [0.05, 0.1) is 5.54 Å². The Morgan fingerprint density at radius 2 is 2.04 bits per heavy atom. The van der Waals surface area contributed by atoms with Gasteiger partial charge in [0, 0.05) is 30.3 Å². The molecule has 1 atom stereocenters. The van der Waals surface area contributed by atoms with Gasteiger partial charge in [0.25, 0.3) is 0 Å². The van der Waals surface area contributed by atoms with E-state index in [4.69, 9.17) is 17.3 Å². The molecule has 0 radical (unpaired) electrons. The average Bonchev–Trinajstić information content (AvgIpc) is 3.17. The molecule has 1 saturated heterocycles. The van der Waals surface area contributed by atoms with Crippen molar-refractivity contribution in [1.82, 2.24) is 5.32 Å². The second-order valence-electron chi connectivity index (χ2n) is 7.10. The molecule has 142 valence electrons. The van der Waals surface area contributed by atoms with Gasteiger partial charge >= 0.3 is 0 Å². The van der Waals surface area contributed by atoms with Gasteiger partial charge in [-0.25, -0.2) is 0 Å². The molecule has 0 aromatic heterocycles. The molecule has 1 unspecified atom stereocenters. The number of nitrogens with two attached hydrogens (primary N) is 1. The lowest BCUT2D eigenvalue weighted by Gasteiger charge is -2.24. The monoisotopic (exact) mass is 407 g/mol. The highest BCUT2D eigenvalue weighted by atomic mass is 35.5. The molecular weight excluding hydrogens is 381 g/mol. The van der Waals surface area contributed by atoms with Crippen LogP contribution < -0.4 is 16.0 Å². The quantitative estimate of drug-likeness (QED) is 0.798. The van der Waals surface area contributed by atoms with Crippen LogP contribution in [0.15, 0.2) is 18.2 Å². The van der Waals surface area contributed by atoms with Crippen molar-refractivity contribution in [3.63, 3.8) is 0 Å². The maximum atomic E-state index is 12.3. The summed E-state index contributed by atoms with van der Waals surface area (Å²) in [7, 11) is 0. The Kier molecular flexibility index (Phi) is 8.33. The first kappa shape index (κ1) is 22.4.